The minimum Gasteiger partial charge on any atom is -0.464 e. The van der Waals surface area contributed by atoms with Gasteiger partial charge in [-0.3, -0.25) is 9.59 Å². The number of benzene rings is 2. The lowest BCUT2D eigenvalue weighted by Gasteiger charge is -2.30. The largest absolute Gasteiger partial charge is 0.464 e. The second kappa shape index (κ2) is 11.0. The zero-order chi connectivity index (χ0) is 24.8. The molecule has 0 spiro atoms. The van der Waals surface area contributed by atoms with Crippen LogP contribution in [0.3, 0.4) is 0 Å². The lowest BCUT2D eigenvalue weighted by atomic mass is 10.1. The number of para-hydroxylation sites is 1. The van der Waals surface area contributed by atoms with E-state index in [1.54, 1.807) is 21.7 Å². The van der Waals surface area contributed by atoms with E-state index < -0.39 is 6.04 Å². The molecule has 2 aromatic heterocycles. The smallest absolute Gasteiger partial charge is 0.250 e. The highest BCUT2D eigenvalue weighted by Gasteiger charge is 2.34. The molecule has 1 N–H and O–H groups in total. The van der Waals surface area contributed by atoms with Gasteiger partial charge in [-0.25, -0.2) is 4.68 Å². The van der Waals surface area contributed by atoms with Crippen molar-refractivity contribution in [3.63, 3.8) is 0 Å². The fraction of sp³-hybridized carbons (Fsp3) is 0.333. The average molecular weight is 474 g/mol. The first kappa shape index (κ1) is 24.2. The molecule has 2 amide bonds. The predicted octanol–water partition coefficient (Wildman–Crippen LogP) is 4.27. The predicted molar refractivity (Wildman–Crippen MR) is 133 cm³/mol. The quantitative estimate of drug-likeness (QED) is 0.371. The molecule has 182 valence electrons. The first-order valence-corrected chi connectivity index (χ1v) is 11.9. The van der Waals surface area contributed by atoms with Crippen molar-refractivity contribution in [3.8, 4) is 0 Å². The van der Waals surface area contributed by atoms with E-state index in [2.05, 4.69) is 29.5 Å². The summed E-state index contributed by atoms with van der Waals surface area (Å²) in [5, 5.41) is 11.3. The molecule has 0 fully saturated rings. The van der Waals surface area contributed by atoms with Gasteiger partial charge >= 0.3 is 0 Å². The molecule has 0 aliphatic heterocycles. The van der Waals surface area contributed by atoms with Gasteiger partial charge < -0.3 is 14.6 Å². The van der Waals surface area contributed by atoms with Crippen LogP contribution >= 0.6 is 0 Å². The van der Waals surface area contributed by atoms with Crippen molar-refractivity contribution in [2.75, 3.05) is 6.54 Å². The van der Waals surface area contributed by atoms with Crippen molar-refractivity contribution in [1.29, 1.82) is 0 Å². The van der Waals surface area contributed by atoms with Crippen LogP contribution in [-0.4, -0.2) is 38.3 Å². The molecular weight excluding hydrogens is 442 g/mol. The van der Waals surface area contributed by atoms with Crippen LogP contribution in [0.2, 0.25) is 0 Å². The van der Waals surface area contributed by atoms with Crippen molar-refractivity contribution < 1.29 is 14.0 Å². The second-order valence-corrected chi connectivity index (χ2v) is 9.07. The number of aryl methyl sites for hydroxylation is 1. The standard InChI is InChI=1S/C27H31N5O3/c1-19(2)15-16-28-27(34)26(24-14-13-20(3)35-24)31(17-21-9-5-4-6-10-21)25(33)18-32-23-12-8-7-11-22(23)29-30-32/h4-14,19,26H,15-18H2,1-3H3,(H,28,34)/t26-/m0/s1. The van der Waals surface area contributed by atoms with Crippen molar-refractivity contribution in [2.24, 2.45) is 5.92 Å². The Morgan fingerprint density at radius 2 is 1.77 bits per heavy atom. The van der Waals surface area contributed by atoms with Gasteiger partial charge in [-0.2, -0.15) is 0 Å². The minimum atomic E-state index is -0.918. The van der Waals surface area contributed by atoms with Gasteiger partial charge in [0.05, 0.1) is 5.52 Å². The number of carbonyl (C=O) groups is 2. The van der Waals surface area contributed by atoms with Crippen molar-refractivity contribution in [3.05, 3.63) is 83.8 Å². The molecule has 0 aliphatic carbocycles. The molecule has 8 heteroatoms. The zero-order valence-corrected chi connectivity index (χ0v) is 20.3. The second-order valence-electron chi connectivity index (χ2n) is 9.07. The summed E-state index contributed by atoms with van der Waals surface area (Å²) in [6.45, 7) is 6.74. The van der Waals surface area contributed by atoms with Crippen molar-refractivity contribution in [2.45, 2.75) is 46.3 Å². The average Bonchev–Trinajstić information content (AvgIpc) is 3.45. The zero-order valence-electron chi connectivity index (χ0n) is 20.3. The number of fused-ring (bicyclic) bond motifs is 1. The third-order valence-corrected chi connectivity index (χ3v) is 5.83. The molecule has 0 radical (unpaired) electrons. The summed E-state index contributed by atoms with van der Waals surface area (Å²) in [4.78, 5) is 28.8. The molecule has 0 saturated carbocycles. The number of hydrogen-bond donors (Lipinski definition) is 1. The van der Waals surface area contributed by atoms with Crippen LogP contribution in [0.25, 0.3) is 11.0 Å². The Labute approximate surface area is 204 Å². The van der Waals surface area contributed by atoms with Crippen LogP contribution < -0.4 is 5.32 Å². The summed E-state index contributed by atoms with van der Waals surface area (Å²) in [5.74, 6) is 1.02. The Morgan fingerprint density at radius 1 is 1.03 bits per heavy atom. The van der Waals surface area contributed by atoms with Gasteiger partial charge in [-0.05, 0) is 49.1 Å². The third kappa shape index (κ3) is 5.95. The Morgan fingerprint density at radius 3 is 2.49 bits per heavy atom. The highest BCUT2D eigenvalue weighted by Crippen LogP contribution is 2.26. The third-order valence-electron chi connectivity index (χ3n) is 5.83. The highest BCUT2D eigenvalue weighted by molar-refractivity contribution is 5.88. The topological polar surface area (TPSA) is 93.3 Å². The molecule has 0 bridgehead atoms. The number of furan rings is 1. The molecule has 35 heavy (non-hydrogen) atoms. The van der Waals surface area contributed by atoms with Crippen LogP contribution in [0.5, 0.6) is 0 Å². The van der Waals surface area contributed by atoms with Crippen LogP contribution in [0.1, 0.15) is 43.4 Å². The summed E-state index contributed by atoms with van der Waals surface area (Å²) in [5.41, 5.74) is 2.37. The van der Waals surface area contributed by atoms with E-state index in [0.29, 0.717) is 29.5 Å². The maximum atomic E-state index is 13.8. The van der Waals surface area contributed by atoms with E-state index in [9.17, 15) is 9.59 Å². The van der Waals surface area contributed by atoms with Crippen molar-refractivity contribution >= 4 is 22.8 Å². The van der Waals surface area contributed by atoms with Crippen molar-refractivity contribution in [1.82, 2.24) is 25.2 Å². The molecule has 4 aromatic rings. The lowest BCUT2D eigenvalue weighted by Crippen LogP contribution is -2.44. The maximum absolute atomic E-state index is 13.8. The van der Waals surface area contributed by atoms with E-state index >= 15 is 0 Å². The normalized spacial score (nSPS) is 12.1. The van der Waals surface area contributed by atoms with Gasteiger partial charge in [-0.15, -0.1) is 5.10 Å². The fourth-order valence-electron chi connectivity index (χ4n) is 3.96. The Hall–Kier alpha value is -3.94. The molecule has 1 atom stereocenters. The van der Waals surface area contributed by atoms with Gasteiger partial charge in [0, 0.05) is 13.1 Å². The van der Waals surface area contributed by atoms with Crippen LogP contribution in [0, 0.1) is 12.8 Å². The monoisotopic (exact) mass is 473 g/mol. The van der Waals surface area contributed by atoms with Gasteiger partial charge in [-0.1, -0.05) is 61.5 Å². The highest BCUT2D eigenvalue weighted by atomic mass is 16.3. The number of nitrogens with one attached hydrogen (secondary N) is 1. The number of carbonyl (C=O) groups excluding carboxylic acids is 2. The minimum absolute atomic E-state index is 0.0528. The molecule has 0 saturated heterocycles. The molecular formula is C27H31N5O3. The van der Waals surface area contributed by atoms with Crippen LogP contribution in [0.15, 0.2) is 71.1 Å². The van der Waals surface area contributed by atoms with Gasteiger partial charge in [0.1, 0.15) is 23.6 Å². The number of rotatable bonds is 10. The van der Waals surface area contributed by atoms with E-state index in [0.717, 1.165) is 17.5 Å². The van der Waals surface area contributed by atoms with E-state index in [4.69, 9.17) is 4.42 Å². The molecule has 2 heterocycles. The molecule has 0 aliphatic rings. The summed E-state index contributed by atoms with van der Waals surface area (Å²) >= 11 is 0. The Bertz CT molecular complexity index is 1280. The number of nitrogens with zero attached hydrogens (tertiary/aromatic N) is 4. The summed E-state index contributed by atoms with van der Waals surface area (Å²) in [7, 11) is 0. The molecule has 2 aromatic carbocycles. The van der Waals surface area contributed by atoms with E-state index in [-0.39, 0.29) is 24.9 Å². The molecule has 8 nitrogen and oxygen atoms in total. The summed E-state index contributed by atoms with van der Waals surface area (Å²) in [6, 6.07) is 19.7. The summed E-state index contributed by atoms with van der Waals surface area (Å²) in [6.07, 6.45) is 0.840. The lowest BCUT2D eigenvalue weighted by molar-refractivity contribution is -0.143. The maximum Gasteiger partial charge on any atom is 0.250 e. The molecule has 0 unspecified atom stereocenters. The van der Waals surface area contributed by atoms with Gasteiger partial charge in [0.15, 0.2) is 6.04 Å². The van der Waals surface area contributed by atoms with Gasteiger partial charge in [0.25, 0.3) is 5.91 Å². The fourth-order valence-corrected chi connectivity index (χ4v) is 3.96. The first-order valence-electron chi connectivity index (χ1n) is 11.9. The van der Waals surface area contributed by atoms with E-state index in [1.165, 1.54) is 0 Å². The Balaban J connectivity index is 1.68. The first-order chi connectivity index (χ1) is 16.9. The van der Waals surface area contributed by atoms with Gasteiger partial charge in [0.2, 0.25) is 5.91 Å². The Kier molecular flexibility index (Phi) is 7.60. The van der Waals surface area contributed by atoms with Crippen LogP contribution in [-0.2, 0) is 22.7 Å². The summed E-state index contributed by atoms with van der Waals surface area (Å²) < 4.78 is 7.45. The number of aromatic nitrogens is 3. The number of amides is 2. The number of hydrogen-bond acceptors (Lipinski definition) is 5. The van der Waals surface area contributed by atoms with E-state index in [1.807, 2.05) is 61.5 Å². The molecule has 4 rings (SSSR count). The van der Waals surface area contributed by atoms with Crippen LogP contribution in [0.4, 0.5) is 0 Å². The SMILES string of the molecule is Cc1ccc([C@@H](C(=O)NCCC(C)C)N(Cc2ccccc2)C(=O)Cn2nnc3ccccc32)o1.